The summed E-state index contributed by atoms with van der Waals surface area (Å²) in [6.07, 6.45) is 1.05. The van der Waals surface area contributed by atoms with E-state index in [-0.39, 0.29) is 18.6 Å². The molecule has 0 saturated carbocycles. The molecule has 0 amide bonds. The molecule has 0 heterocycles. The minimum atomic E-state index is -3.59. The molecule has 0 aliphatic carbocycles. The number of hydrogen-bond donors (Lipinski definition) is 0. The summed E-state index contributed by atoms with van der Waals surface area (Å²) in [6, 6.07) is 0. The van der Waals surface area contributed by atoms with Crippen LogP contribution in [0.2, 0.25) is 0 Å². The molecule has 0 aliphatic rings. The van der Waals surface area contributed by atoms with Crippen LogP contribution in [0.3, 0.4) is 0 Å². The van der Waals surface area contributed by atoms with Crippen LogP contribution in [0.4, 0.5) is 0 Å². The highest BCUT2D eigenvalue weighted by atomic mass is 35.5. The summed E-state index contributed by atoms with van der Waals surface area (Å²) in [4.78, 5) is 0. The van der Waals surface area contributed by atoms with Gasteiger partial charge in [-0.3, -0.25) is 4.57 Å². The Morgan fingerprint density at radius 3 is 1.88 bits per heavy atom. The topological polar surface area (TPSA) is 35.5 Å². The zero-order chi connectivity index (χ0) is 13.0. The first-order valence-electron chi connectivity index (χ1n) is 5.10. The average Bonchev–Trinajstić information content (AvgIpc) is 1.99. The molecule has 0 saturated heterocycles. The lowest BCUT2D eigenvalue weighted by molar-refractivity contribution is 0.138. The van der Waals surface area contributed by atoms with Crippen molar-refractivity contribution >= 4 is 30.8 Å². The molecule has 0 radical (unpaired) electrons. The SMILES string of the molecule is C=CCC(Cl)(Cl)P(=O)(OC(C)C)OC(C)C. The fraction of sp³-hybridized carbons (Fsp3) is 0.800. The maximum absolute atomic E-state index is 12.5. The third-order valence-corrected chi connectivity index (χ3v) is 5.42. The van der Waals surface area contributed by atoms with E-state index in [0.717, 1.165) is 0 Å². The number of rotatable bonds is 7. The lowest BCUT2D eigenvalue weighted by Gasteiger charge is -2.31. The maximum Gasteiger partial charge on any atom is 0.367 e. The van der Waals surface area contributed by atoms with E-state index in [1.165, 1.54) is 6.08 Å². The highest BCUT2D eigenvalue weighted by Crippen LogP contribution is 2.67. The first kappa shape index (κ1) is 16.5. The van der Waals surface area contributed by atoms with E-state index < -0.39 is 11.7 Å². The van der Waals surface area contributed by atoms with Gasteiger partial charge in [0.25, 0.3) is 0 Å². The summed E-state index contributed by atoms with van der Waals surface area (Å²) in [6.45, 7) is 10.5. The summed E-state index contributed by atoms with van der Waals surface area (Å²) in [5.41, 5.74) is 0. The standard InChI is InChI=1S/C10H19Cl2O3P/c1-6-7-10(11,12)16(13,14-8(2)3)15-9(4)5/h6,8-9H,1,7H2,2-5H3. The molecule has 0 aromatic carbocycles. The molecule has 0 fully saturated rings. The molecule has 6 heteroatoms. The van der Waals surface area contributed by atoms with E-state index in [9.17, 15) is 4.57 Å². The summed E-state index contributed by atoms with van der Waals surface area (Å²) < 4.78 is 21.5. The van der Waals surface area contributed by atoms with Gasteiger partial charge in [0, 0.05) is 6.42 Å². The quantitative estimate of drug-likeness (QED) is 0.386. The zero-order valence-corrected chi connectivity index (χ0v) is 12.5. The van der Waals surface area contributed by atoms with Gasteiger partial charge in [0.05, 0.1) is 12.2 Å². The minimum absolute atomic E-state index is 0.132. The summed E-state index contributed by atoms with van der Waals surface area (Å²) in [7, 11) is -3.59. The lowest BCUT2D eigenvalue weighted by Crippen LogP contribution is -2.21. The second-order valence-corrected chi connectivity index (χ2v) is 8.16. The van der Waals surface area contributed by atoms with Gasteiger partial charge in [-0.2, -0.15) is 0 Å². The van der Waals surface area contributed by atoms with E-state index in [1.54, 1.807) is 27.7 Å². The molecule has 0 aliphatic heterocycles. The Morgan fingerprint density at radius 1 is 1.25 bits per heavy atom. The Balaban J connectivity index is 5.05. The van der Waals surface area contributed by atoms with Crippen LogP contribution in [0.15, 0.2) is 12.7 Å². The third kappa shape index (κ3) is 4.77. The lowest BCUT2D eigenvalue weighted by atomic mass is 10.5. The van der Waals surface area contributed by atoms with Gasteiger partial charge in [-0.1, -0.05) is 29.3 Å². The Morgan fingerprint density at radius 2 is 1.62 bits per heavy atom. The second kappa shape index (κ2) is 6.42. The van der Waals surface area contributed by atoms with Crippen LogP contribution >= 0.6 is 30.8 Å². The van der Waals surface area contributed by atoms with Gasteiger partial charge in [-0.25, -0.2) is 0 Å². The fourth-order valence-corrected chi connectivity index (χ4v) is 3.54. The van der Waals surface area contributed by atoms with Crippen molar-refractivity contribution in [1.82, 2.24) is 0 Å². The second-order valence-electron chi connectivity index (χ2n) is 3.96. The highest BCUT2D eigenvalue weighted by Gasteiger charge is 2.49. The van der Waals surface area contributed by atoms with Crippen LogP contribution in [-0.2, 0) is 13.6 Å². The predicted molar refractivity (Wildman–Crippen MR) is 69.3 cm³/mol. The molecule has 0 rings (SSSR count). The molecule has 0 spiro atoms. The molecule has 96 valence electrons. The van der Waals surface area contributed by atoms with E-state index >= 15 is 0 Å². The summed E-state index contributed by atoms with van der Waals surface area (Å²) in [5.74, 6) is 0. The zero-order valence-electron chi connectivity index (χ0n) is 10.1. The van der Waals surface area contributed by atoms with Gasteiger partial charge in [-0.15, -0.1) is 6.58 Å². The summed E-state index contributed by atoms with van der Waals surface area (Å²) >= 11 is 12.0. The van der Waals surface area contributed by atoms with Crippen molar-refractivity contribution in [3.8, 4) is 0 Å². The Labute approximate surface area is 108 Å². The molecule has 0 unspecified atom stereocenters. The average molecular weight is 289 g/mol. The minimum Gasteiger partial charge on any atom is -0.304 e. The van der Waals surface area contributed by atoms with E-state index in [4.69, 9.17) is 32.2 Å². The van der Waals surface area contributed by atoms with Crippen molar-refractivity contribution in [1.29, 1.82) is 0 Å². The van der Waals surface area contributed by atoms with Crippen LogP contribution in [0, 0.1) is 0 Å². The molecule has 16 heavy (non-hydrogen) atoms. The van der Waals surface area contributed by atoms with Crippen molar-refractivity contribution < 1.29 is 13.6 Å². The van der Waals surface area contributed by atoms with Crippen molar-refractivity contribution in [2.45, 2.75) is 50.4 Å². The molecular formula is C10H19Cl2O3P. The molecule has 0 aromatic rings. The molecule has 3 nitrogen and oxygen atoms in total. The van der Waals surface area contributed by atoms with Crippen LogP contribution in [0.1, 0.15) is 34.1 Å². The van der Waals surface area contributed by atoms with Crippen LogP contribution in [0.25, 0.3) is 0 Å². The molecule has 0 bridgehead atoms. The number of hydrogen-bond acceptors (Lipinski definition) is 3. The van der Waals surface area contributed by atoms with Crippen LogP contribution in [-0.4, -0.2) is 16.3 Å². The normalized spacial score (nSPS) is 13.5. The third-order valence-electron chi connectivity index (χ3n) is 1.49. The van der Waals surface area contributed by atoms with Gasteiger partial charge in [0.15, 0.2) is 0 Å². The Kier molecular flexibility index (Phi) is 6.60. The molecular weight excluding hydrogens is 270 g/mol. The number of halogens is 2. The highest BCUT2D eigenvalue weighted by molar-refractivity contribution is 7.60. The van der Waals surface area contributed by atoms with Crippen LogP contribution in [0.5, 0.6) is 0 Å². The summed E-state index contributed by atoms with van der Waals surface area (Å²) in [5, 5.41) is 0. The van der Waals surface area contributed by atoms with Crippen LogP contribution < -0.4 is 0 Å². The Hall–Kier alpha value is 0.470. The maximum atomic E-state index is 12.5. The largest absolute Gasteiger partial charge is 0.367 e. The van der Waals surface area contributed by atoms with Crippen molar-refractivity contribution in [3.05, 3.63) is 12.7 Å². The Bertz CT molecular complexity index is 263. The van der Waals surface area contributed by atoms with Gasteiger partial charge in [0.1, 0.15) is 0 Å². The van der Waals surface area contributed by atoms with Gasteiger partial charge in [0.2, 0.25) is 4.07 Å². The van der Waals surface area contributed by atoms with Crippen molar-refractivity contribution in [3.63, 3.8) is 0 Å². The van der Waals surface area contributed by atoms with Gasteiger partial charge in [-0.05, 0) is 27.7 Å². The first-order chi connectivity index (χ1) is 7.14. The first-order valence-corrected chi connectivity index (χ1v) is 7.40. The van der Waals surface area contributed by atoms with E-state index in [2.05, 4.69) is 6.58 Å². The smallest absolute Gasteiger partial charge is 0.304 e. The molecule has 0 atom stereocenters. The van der Waals surface area contributed by atoms with Gasteiger partial charge < -0.3 is 9.05 Å². The van der Waals surface area contributed by atoms with E-state index in [0.29, 0.717) is 0 Å². The monoisotopic (exact) mass is 288 g/mol. The van der Waals surface area contributed by atoms with E-state index in [1.807, 2.05) is 0 Å². The molecule has 0 N–H and O–H groups in total. The predicted octanol–water partition coefficient (Wildman–Crippen LogP) is 4.74. The number of alkyl halides is 2. The van der Waals surface area contributed by atoms with Crippen molar-refractivity contribution in [2.75, 3.05) is 0 Å². The number of allylic oxidation sites excluding steroid dienone is 1. The van der Waals surface area contributed by atoms with Gasteiger partial charge >= 0.3 is 7.60 Å². The van der Waals surface area contributed by atoms with Crippen molar-refractivity contribution in [2.24, 2.45) is 0 Å². The fourth-order valence-electron chi connectivity index (χ4n) is 1.02. The molecule has 0 aromatic heterocycles.